The molecule has 0 spiro atoms. The molecule has 0 saturated heterocycles. The van der Waals surface area contributed by atoms with E-state index in [1.165, 1.54) is 4.70 Å². The van der Waals surface area contributed by atoms with Crippen LogP contribution in [0.25, 0.3) is 30.5 Å². The van der Waals surface area contributed by atoms with Crippen molar-refractivity contribution in [2.24, 2.45) is 0 Å². The molecule has 0 fully saturated rings. The molecular formula is C17H11NOS2. The van der Waals surface area contributed by atoms with Crippen LogP contribution in [0.4, 0.5) is 0 Å². The lowest BCUT2D eigenvalue weighted by Crippen LogP contribution is -1.72. The zero-order chi connectivity index (χ0) is 14.2. The van der Waals surface area contributed by atoms with Gasteiger partial charge in [-0.05, 0) is 36.4 Å². The number of aromatic nitrogens is 1. The third-order valence-electron chi connectivity index (χ3n) is 3.28. The van der Waals surface area contributed by atoms with Crippen LogP contribution in [0.3, 0.4) is 0 Å². The predicted molar refractivity (Wildman–Crippen MR) is 90.0 cm³/mol. The molecule has 0 radical (unpaired) electrons. The van der Waals surface area contributed by atoms with Gasteiger partial charge in [0.05, 0.1) is 15.1 Å². The first-order valence-corrected chi connectivity index (χ1v) is 8.19. The van der Waals surface area contributed by atoms with E-state index >= 15 is 0 Å². The summed E-state index contributed by atoms with van der Waals surface area (Å²) >= 11 is 3.36. The smallest absolute Gasteiger partial charge is 0.134 e. The number of rotatable bonds is 2. The molecule has 0 aliphatic heterocycles. The number of phenols is 1. The van der Waals surface area contributed by atoms with Crippen molar-refractivity contribution in [3.63, 3.8) is 0 Å². The first-order chi connectivity index (χ1) is 10.3. The number of thiophene rings is 1. The highest BCUT2D eigenvalue weighted by Crippen LogP contribution is 2.40. The Balaban J connectivity index is 1.79. The number of benzene rings is 2. The minimum Gasteiger partial charge on any atom is -0.507 e. The molecule has 0 amide bonds. The first-order valence-electron chi connectivity index (χ1n) is 6.55. The van der Waals surface area contributed by atoms with E-state index in [-0.39, 0.29) is 0 Å². The summed E-state index contributed by atoms with van der Waals surface area (Å²) < 4.78 is 1.20. The second kappa shape index (κ2) is 4.98. The molecule has 2 aromatic carbocycles. The molecule has 4 rings (SSSR count). The molecule has 21 heavy (non-hydrogen) atoms. The Labute approximate surface area is 130 Å². The molecule has 102 valence electrons. The van der Waals surface area contributed by atoms with Gasteiger partial charge >= 0.3 is 0 Å². The number of fused-ring (bicyclic) bond motifs is 1. The number of thiazole rings is 1. The van der Waals surface area contributed by atoms with Gasteiger partial charge in [-0.1, -0.05) is 24.3 Å². The molecule has 0 aliphatic rings. The molecule has 1 N–H and O–H groups in total. The van der Waals surface area contributed by atoms with Gasteiger partial charge in [-0.15, -0.1) is 22.7 Å². The molecule has 0 bridgehead atoms. The normalized spacial score (nSPS) is 11.0. The lowest BCUT2D eigenvalue weighted by Gasteiger charge is -1.99. The SMILES string of the molecule is Oc1ccccc1-c1ccc(-c2nc3ccccc3s2)s1. The summed E-state index contributed by atoms with van der Waals surface area (Å²) in [5, 5.41) is 11.0. The summed E-state index contributed by atoms with van der Waals surface area (Å²) in [5.74, 6) is 0.315. The molecule has 0 unspecified atom stereocenters. The fraction of sp³-hybridized carbons (Fsp3) is 0. The van der Waals surface area contributed by atoms with Gasteiger partial charge in [0, 0.05) is 10.4 Å². The van der Waals surface area contributed by atoms with Crippen LogP contribution < -0.4 is 0 Å². The molecule has 2 aromatic heterocycles. The first kappa shape index (κ1) is 12.6. The van der Waals surface area contributed by atoms with Crippen LogP contribution in [0.2, 0.25) is 0 Å². The van der Waals surface area contributed by atoms with Crippen LogP contribution in [0.5, 0.6) is 5.75 Å². The molecule has 0 atom stereocenters. The van der Waals surface area contributed by atoms with Gasteiger partial charge in [-0.2, -0.15) is 0 Å². The van der Waals surface area contributed by atoms with Gasteiger partial charge in [-0.25, -0.2) is 4.98 Å². The topological polar surface area (TPSA) is 33.1 Å². The molecule has 0 aliphatic carbocycles. The van der Waals surface area contributed by atoms with Crippen LogP contribution in [0, 0.1) is 0 Å². The minimum absolute atomic E-state index is 0.315. The van der Waals surface area contributed by atoms with Gasteiger partial charge < -0.3 is 5.11 Å². The second-order valence-electron chi connectivity index (χ2n) is 4.67. The molecule has 4 heteroatoms. The number of nitrogens with zero attached hydrogens (tertiary/aromatic N) is 1. The second-order valence-corrected chi connectivity index (χ2v) is 6.78. The van der Waals surface area contributed by atoms with Crippen molar-refractivity contribution in [3.8, 4) is 26.1 Å². The minimum atomic E-state index is 0.315. The average Bonchev–Trinajstić information content (AvgIpc) is 3.14. The van der Waals surface area contributed by atoms with Gasteiger partial charge in [-0.3, -0.25) is 0 Å². The molecule has 0 saturated carbocycles. The Hall–Kier alpha value is -2.17. The van der Waals surface area contributed by atoms with Crippen LogP contribution in [0.15, 0.2) is 60.7 Å². The highest BCUT2D eigenvalue weighted by molar-refractivity contribution is 7.26. The summed E-state index contributed by atoms with van der Waals surface area (Å²) in [5.41, 5.74) is 1.91. The van der Waals surface area contributed by atoms with Crippen molar-refractivity contribution in [1.29, 1.82) is 0 Å². The molecule has 2 nitrogen and oxygen atoms in total. The number of aromatic hydroxyl groups is 1. The molecular weight excluding hydrogens is 298 g/mol. The van der Waals surface area contributed by atoms with Gasteiger partial charge in [0.1, 0.15) is 10.8 Å². The van der Waals surface area contributed by atoms with Gasteiger partial charge in [0.15, 0.2) is 0 Å². The van der Waals surface area contributed by atoms with E-state index in [9.17, 15) is 5.11 Å². The van der Waals surface area contributed by atoms with Crippen molar-refractivity contribution in [3.05, 3.63) is 60.7 Å². The van der Waals surface area contributed by atoms with E-state index < -0.39 is 0 Å². The molecule has 4 aromatic rings. The maximum Gasteiger partial charge on any atom is 0.134 e. The fourth-order valence-electron chi connectivity index (χ4n) is 2.26. The standard InChI is InChI=1S/C17H11NOS2/c19-13-7-3-1-5-11(13)14-9-10-16(20-14)17-18-12-6-2-4-8-15(12)21-17/h1-10,19H. The fourth-order valence-corrected chi connectivity index (χ4v) is 4.32. The van der Waals surface area contributed by atoms with E-state index in [0.29, 0.717) is 5.75 Å². The largest absolute Gasteiger partial charge is 0.507 e. The van der Waals surface area contributed by atoms with E-state index in [2.05, 4.69) is 17.1 Å². The zero-order valence-electron chi connectivity index (χ0n) is 11.0. The number of hydrogen-bond donors (Lipinski definition) is 1. The average molecular weight is 309 g/mol. The third kappa shape index (κ3) is 2.22. The monoisotopic (exact) mass is 309 g/mol. The number of para-hydroxylation sites is 2. The molecule has 2 heterocycles. The summed E-state index contributed by atoms with van der Waals surface area (Å²) in [7, 11) is 0. The van der Waals surface area contributed by atoms with E-state index in [1.807, 2.05) is 42.5 Å². The number of hydrogen-bond acceptors (Lipinski definition) is 4. The van der Waals surface area contributed by atoms with E-state index in [0.717, 1.165) is 25.8 Å². The van der Waals surface area contributed by atoms with Crippen molar-refractivity contribution >= 4 is 32.9 Å². The van der Waals surface area contributed by atoms with E-state index in [4.69, 9.17) is 0 Å². The Morgan fingerprint density at radius 1 is 0.762 bits per heavy atom. The Morgan fingerprint density at radius 3 is 2.38 bits per heavy atom. The summed E-state index contributed by atoms with van der Waals surface area (Å²) in [6, 6.07) is 19.7. The van der Waals surface area contributed by atoms with Gasteiger partial charge in [0.2, 0.25) is 0 Å². The van der Waals surface area contributed by atoms with Crippen molar-refractivity contribution < 1.29 is 5.11 Å². The van der Waals surface area contributed by atoms with Crippen LogP contribution in [-0.4, -0.2) is 10.1 Å². The van der Waals surface area contributed by atoms with Crippen molar-refractivity contribution in [1.82, 2.24) is 4.98 Å². The number of phenolic OH excluding ortho intramolecular Hbond substituents is 1. The lowest BCUT2D eigenvalue weighted by atomic mass is 10.2. The lowest BCUT2D eigenvalue weighted by molar-refractivity contribution is 0.477. The Kier molecular flexibility index (Phi) is 2.98. The van der Waals surface area contributed by atoms with E-state index in [1.54, 1.807) is 28.7 Å². The zero-order valence-corrected chi connectivity index (χ0v) is 12.6. The maximum absolute atomic E-state index is 9.95. The maximum atomic E-state index is 9.95. The van der Waals surface area contributed by atoms with Crippen LogP contribution >= 0.6 is 22.7 Å². The van der Waals surface area contributed by atoms with Crippen molar-refractivity contribution in [2.45, 2.75) is 0 Å². The van der Waals surface area contributed by atoms with Crippen LogP contribution in [-0.2, 0) is 0 Å². The quantitative estimate of drug-likeness (QED) is 0.538. The highest BCUT2D eigenvalue weighted by Gasteiger charge is 2.11. The third-order valence-corrected chi connectivity index (χ3v) is 5.60. The predicted octanol–water partition coefficient (Wildman–Crippen LogP) is 5.40. The summed E-state index contributed by atoms with van der Waals surface area (Å²) in [6.45, 7) is 0. The summed E-state index contributed by atoms with van der Waals surface area (Å²) in [6.07, 6.45) is 0. The summed E-state index contributed by atoms with van der Waals surface area (Å²) in [4.78, 5) is 6.87. The Bertz CT molecular complexity index is 890. The van der Waals surface area contributed by atoms with Crippen molar-refractivity contribution in [2.75, 3.05) is 0 Å². The Morgan fingerprint density at radius 2 is 1.52 bits per heavy atom. The van der Waals surface area contributed by atoms with Gasteiger partial charge in [0.25, 0.3) is 0 Å². The van der Waals surface area contributed by atoms with Crippen LogP contribution in [0.1, 0.15) is 0 Å². The highest BCUT2D eigenvalue weighted by atomic mass is 32.1.